The molecule has 4 nitrogen and oxygen atoms in total. The summed E-state index contributed by atoms with van der Waals surface area (Å²) in [7, 11) is 0. The van der Waals surface area contributed by atoms with Crippen molar-refractivity contribution in [2.45, 2.75) is 20.4 Å². The van der Waals surface area contributed by atoms with Gasteiger partial charge in [-0.2, -0.15) is 5.10 Å². The highest BCUT2D eigenvalue weighted by Gasteiger charge is 2.27. The van der Waals surface area contributed by atoms with Crippen LogP contribution in [0.5, 0.6) is 0 Å². The minimum absolute atomic E-state index is 0.528. The number of halogens is 1. The van der Waals surface area contributed by atoms with Gasteiger partial charge in [-0.05, 0) is 49.3 Å². The number of hydrogen-bond donors (Lipinski definition) is 1. The van der Waals surface area contributed by atoms with E-state index < -0.39 is 0 Å². The minimum Gasteiger partial charge on any atom is -0.322 e. The fourth-order valence-corrected chi connectivity index (χ4v) is 4.55. The van der Waals surface area contributed by atoms with Gasteiger partial charge in [0, 0.05) is 28.4 Å². The number of fused-ring (bicyclic) bond motifs is 1. The van der Waals surface area contributed by atoms with Crippen molar-refractivity contribution in [3.05, 3.63) is 80.9 Å². The van der Waals surface area contributed by atoms with Gasteiger partial charge in [-0.25, -0.2) is 5.01 Å². The third-order valence-corrected chi connectivity index (χ3v) is 6.25. The Hall–Kier alpha value is -2.28. The Balaban J connectivity index is 1.88. The summed E-state index contributed by atoms with van der Waals surface area (Å²) < 4.78 is 0. The Labute approximate surface area is 172 Å². The molecule has 1 aromatic carbocycles. The normalized spacial score (nSPS) is 13.7. The summed E-state index contributed by atoms with van der Waals surface area (Å²) in [5, 5.41) is 12.3. The predicted molar refractivity (Wildman–Crippen MR) is 117 cm³/mol. The number of hydrazone groups is 1. The molecule has 0 spiro atoms. The zero-order valence-corrected chi connectivity index (χ0v) is 17.3. The van der Waals surface area contributed by atoms with Gasteiger partial charge >= 0.3 is 0 Å². The van der Waals surface area contributed by atoms with Crippen LogP contribution in [-0.2, 0) is 6.54 Å². The van der Waals surface area contributed by atoms with E-state index in [-0.39, 0.29) is 0 Å². The lowest BCUT2D eigenvalue weighted by Crippen LogP contribution is -2.29. The van der Waals surface area contributed by atoms with Gasteiger partial charge in [-0.15, -0.1) is 11.3 Å². The number of aromatic nitrogens is 1. The molecule has 1 aliphatic heterocycles. The molecule has 136 valence electrons. The number of anilines is 1. The Bertz CT molecular complexity index is 1040. The molecule has 3 heterocycles. The van der Waals surface area contributed by atoms with E-state index >= 15 is 0 Å². The molecule has 3 aromatic rings. The molecule has 0 unspecified atom stereocenters. The van der Waals surface area contributed by atoms with E-state index in [2.05, 4.69) is 24.1 Å². The molecule has 4 rings (SSSR count). The first-order chi connectivity index (χ1) is 13.0. The molecule has 0 fully saturated rings. The van der Waals surface area contributed by atoms with E-state index in [1.54, 1.807) is 22.5 Å². The van der Waals surface area contributed by atoms with Crippen molar-refractivity contribution in [1.29, 1.82) is 0 Å². The van der Waals surface area contributed by atoms with Gasteiger partial charge < -0.3 is 5.32 Å². The first kappa shape index (κ1) is 18.1. The second kappa shape index (κ2) is 7.38. The average Bonchev–Trinajstić information content (AvgIpc) is 2.86. The maximum Gasteiger partial charge on any atom is 0.195 e. The smallest absolute Gasteiger partial charge is 0.195 e. The van der Waals surface area contributed by atoms with Crippen molar-refractivity contribution >= 4 is 51.0 Å². The van der Waals surface area contributed by atoms with Crippen molar-refractivity contribution < 1.29 is 0 Å². The van der Waals surface area contributed by atoms with Crippen LogP contribution in [0.4, 0.5) is 5.00 Å². The molecule has 2 aromatic heterocycles. The van der Waals surface area contributed by atoms with E-state index in [1.807, 2.05) is 42.6 Å². The summed E-state index contributed by atoms with van der Waals surface area (Å²) >= 11 is 13.8. The van der Waals surface area contributed by atoms with Gasteiger partial charge in [0.25, 0.3) is 0 Å². The third-order valence-electron chi connectivity index (χ3n) is 4.48. The van der Waals surface area contributed by atoms with Crippen LogP contribution in [0, 0.1) is 13.8 Å². The van der Waals surface area contributed by atoms with Crippen molar-refractivity contribution in [3.8, 4) is 0 Å². The highest BCUT2D eigenvalue weighted by molar-refractivity contribution is 7.80. The van der Waals surface area contributed by atoms with Crippen LogP contribution in [0.1, 0.15) is 27.1 Å². The number of nitrogens with one attached hydrogen (secondary N) is 1. The largest absolute Gasteiger partial charge is 0.322 e. The third kappa shape index (κ3) is 3.48. The van der Waals surface area contributed by atoms with Gasteiger partial charge in [0.05, 0.1) is 11.6 Å². The molecule has 0 atom stereocenters. The maximum atomic E-state index is 6.52. The van der Waals surface area contributed by atoms with E-state index in [0.29, 0.717) is 16.7 Å². The molecule has 0 bridgehead atoms. The number of pyridine rings is 1. The molecule has 0 radical (unpaired) electrons. The van der Waals surface area contributed by atoms with Crippen molar-refractivity contribution in [1.82, 2.24) is 9.99 Å². The molecule has 7 heteroatoms. The van der Waals surface area contributed by atoms with E-state index in [4.69, 9.17) is 28.9 Å². The summed E-state index contributed by atoms with van der Waals surface area (Å²) in [6.45, 7) is 4.75. The standard InChI is InChI=1S/C20H17ClN4S2/c1-12-13(2)27-19-17(12)18(15-7-3-4-8-16(15)21)24-25(20(26)23-19)11-14-6-5-9-22-10-14/h3-10H,11H2,1-2H3,(H,23,26). The van der Waals surface area contributed by atoms with E-state index in [0.717, 1.165) is 27.4 Å². The van der Waals surface area contributed by atoms with Gasteiger partial charge in [0.15, 0.2) is 5.11 Å². The van der Waals surface area contributed by atoms with Gasteiger partial charge in [0.1, 0.15) is 10.7 Å². The van der Waals surface area contributed by atoms with Crippen LogP contribution < -0.4 is 5.32 Å². The molecule has 1 N–H and O–H groups in total. The zero-order valence-electron chi connectivity index (χ0n) is 14.9. The monoisotopic (exact) mass is 412 g/mol. The Kier molecular flexibility index (Phi) is 4.95. The fourth-order valence-electron chi connectivity index (χ4n) is 2.99. The Morgan fingerprint density at radius 2 is 2.00 bits per heavy atom. The summed E-state index contributed by atoms with van der Waals surface area (Å²) in [5.41, 5.74) is 4.99. The van der Waals surface area contributed by atoms with Crippen LogP contribution in [0.25, 0.3) is 0 Å². The van der Waals surface area contributed by atoms with Crippen LogP contribution in [0.2, 0.25) is 5.02 Å². The first-order valence-electron chi connectivity index (χ1n) is 8.46. The van der Waals surface area contributed by atoms with E-state index in [1.165, 1.54) is 10.4 Å². The number of aryl methyl sites for hydroxylation is 1. The van der Waals surface area contributed by atoms with Crippen LogP contribution in [-0.4, -0.2) is 20.8 Å². The second-order valence-electron chi connectivity index (χ2n) is 6.26. The maximum absolute atomic E-state index is 6.52. The van der Waals surface area contributed by atoms with Gasteiger partial charge in [-0.1, -0.05) is 35.9 Å². The minimum atomic E-state index is 0.528. The van der Waals surface area contributed by atoms with Crippen molar-refractivity contribution in [2.75, 3.05) is 5.32 Å². The molecule has 1 aliphatic rings. The zero-order chi connectivity index (χ0) is 19.0. The summed E-state index contributed by atoms with van der Waals surface area (Å²) in [6, 6.07) is 11.7. The second-order valence-corrected chi connectivity index (χ2v) is 8.28. The topological polar surface area (TPSA) is 40.5 Å². The molecule has 0 aliphatic carbocycles. The lowest BCUT2D eigenvalue weighted by Gasteiger charge is -2.19. The number of hydrogen-bond acceptors (Lipinski definition) is 4. The SMILES string of the molecule is Cc1sc2c(c1C)C(c1ccccc1Cl)=NN(Cc1cccnc1)C(=S)N2. The molecular formula is C20H17ClN4S2. The van der Waals surface area contributed by atoms with Crippen molar-refractivity contribution in [3.63, 3.8) is 0 Å². The van der Waals surface area contributed by atoms with Crippen molar-refractivity contribution in [2.24, 2.45) is 5.10 Å². The Morgan fingerprint density at radius 1 is 1.19 bits per heavy atom. The fraction of sp³-hybridized carbons (Fsp3) is 0.150. The molecule has 0 saturated carbocycles. The molecule has 27 heavy (non-hydrogen) atoms. The lowest BCUT2D eigenvalue weighted by molar-refractivity contribution is 0.447. The number of nitrogens with zero attached hydrogens (tertiary/aromatic N) is 3. The highest BCUT2D eigenvalue weighted by atomic mass is 35.5. The van der Waals surface area contributed by atoms with Gasteiger partial charge in [0.2, 0.25) is 0 Å². The highest BCUT2D eigenvalue weighted by Crippen LogP contribution is 2.37. The van der Waals surface area contributed by atoms with Crippen LogP contribution >= 0.6 is 35.2 Å². The van der Waals surface area contributed by atoms with E-state index in [9.17, 15) is 0 Å². The number of rotatable bonds is 3. The lowest BCUT2D eigenvalue weighted by atomic mass is 10.00. The number of benzene rings is 1. The number of thiocarbonyl (C=S) groups is 1. The summed E-state index contributed by atoms with van der Waals surface area (Å²) in [5.74, 6) is 0. The quantitative estimate of drug-likeness (QED) is 0.586. The number of thiophene rings is 1. The first-order valence-corrected chi connectivity index (χ1v) is 10.1. The van der Waals surface area contributed by atoms with Crippen LogP contribution in [0.15, 0.2) is 53.9 Å². The van der Waals surface area contributed by atoms with Gasteiger partial charge in [-0.3, -0.25) is 4.98 Å². The summed E-state index contributed by atoms with van der Waals surface area (Å²) in [6.07, 6.45) is 3.58. The molecule has 0 saturated heterocycles. The summed E-state index contributed by atoms with van der Waals surface area (Å²) in [4.78, 5) is 5.42. The van der Waals surface area contributed by atoms with Crippen LogP contribution in [0.3, 0.4) is 0 Å². The molecule has 0 amide bonds. The predicted octanol–water partition coefficient (Wildman–Crippen LogP) is 5.38. The average molecular weight is 413 g/mol. The molecular weight excluding hydrogens is 396 g/mol. The Morgan fingerprint density at radius 3 is 2.74 bits per heavy atom.